The van der Waals surface area contributed by atoms with Gasteiger partial charge in [0.1, 0.15) is 9.32 Å². The molecular weight excluding hydrogens is 864 g/mol. The van der Waals surface area contributed by atoms with Crippen molar-refractivity contribution >= 4 is 102 Å². The molecule has 2 heterocycles. The summed E-state index contributed by atoms with van der Waals surface area (Å²) in [6.07, 6.45) is 0. The molecule has 0 saturated carbocycles. The minimum absolute atomic E-state index is 0.376. The van der Waals surface area contributed by atoms with E-state index in [9.17, 15) is 9.59 Å². The molecule has 2 aliphatic heterocycles. The van der Waals surface area contributed by atoms with E-state index in [4.69, 9.17) is 14.2 Å². The van der Waals surface area contributed by atoms with Crippen LogP contribution >= 0.6 is 90.4 Å². The minimum atomic E-state index is -1.15. The summed E-state index contributed by atoms with van der Waals surface area (Å²) in [6.45, 7) is 3.40. The van der Waals surface area contributed by atoms with Crippen molar-refractivity contribution in [3.63, 3.8) is 0 Å². The maximum absolute atomic E-state index is 13.0. The number of rotatable bonds is 1. The molecule has 32 heavy (non-hydrogen) atoms. The van der Waals surface area contributed by atoms with E-state index in [-0.39, 0.29) is 5.97 Å². The van der Waals surface area contributed by atoms with Crippen LogP contribution in [-0.2, 0) is 15.1 Å². The van der Waals surface area contributed by atoms with Gasteiger partial charge in [-0.1, -0.05) is 18.2 Å². The molecule has 0 fully saturated rings. The van der Waals surface area contributed by atoms with Gasteiger partial charge in [0.05, 0.1) is 18.3 Å². The van der Waals surface area contributed by atoms with E-state index < -0.39 is 11.6 Å². The molecule has 162 valence electrons. The van der Waals surface area contributed by atoms with Gasteiger partial charge in [-0.25, -0.2) is 4.79 Å². The Kier molecular flexibility index (Phi) is 5.93. The van der Waals surface area contributed by atoms with Gasteiger partial charge in [0.25, 0.3) is 0 Å². The lowest BCUT2D eigenvalue weighted by molar-refractivity contribution is -0.132. The van der Waals surface area contributed by atoms with Gasteiger partial charge in [-0.05, 0) is 121 Å². The molecule has 3 aromatic rings. The SMILES string of the molecule is CC(=O)Oc1c(I)cc2c(c1I)Oc1c(cc(I)c(C)c1I)C21OC(=O)c2ccccc21. The predicted molar refractivity (Wildman–Crippen MR) is 152 cm³/mol. The predicted octanol–water partition coefficient (Wildman–Crippen LogP) is 6.91. The van der Waals surface area contributed by atoms with Gasteiger partial charge in [-0.15, -0.1) is 0 Å². The number of fused-ring (bicyclic) bond motifs is 6. The second-order valence-corrected chi connectivity index (χ2v) is 11.8. The average Bonchev–Trinajstić information content (AvgIpc) is 3.05. The summed E-state index contributed by atoms with van der Waals surface area (Å²) in [5.41, 5.74) is 2.74. The molecule has 3 aromatic carbocycles. The summed E-state index contributed by atoms with van der Waals surface area (Å²) in [6, 6.07) is 11.4. The van der Waals surface area contributed by atoms with Crippen LogP contribution in [0.5, 0.6) is 17.2 Å². The molecular formula is C23H12I4O5. The third-order valence-electron chi connectivity index (χ3n) is 5.51. The highest BCUT2D eigenvalue weighted by atomic mass is 127. The molecule has 1 spiro atoms. The number of esters is 2. The molecule has 5 rings (SSSR count). The highest BCUT2D eigenvalue weighted by Gasteiger charge is 2.55. The monoisotopic (exact) mass is 876 g/mol. The van der Waals surface area contributed by atoms with Gasteiger partial charge in [-0.2, -0.15) is 0 Å². The first kappa shape index (κ1) is 23.1. The first-order valence-electron chi connectivity index (χ1n) is 9.37. The van der Waals surface area contributed by atoms with Gasteiger partial charge >= 0.3 is 11.9 Å². The van der Waals surface area contributed by atoms with E-state index in [1.165, 1.54) is 6.92 Å². The zero-order chi connectivity index (χ0) is 22.9. The molecule has 0 bridgehead atoms. The van der Waals surface area contributed by atoms with E-state index in [1.807, 2.05) is 37.3 Å². The van der Waals surface area contributed by atoms with E-state index in [0.29, 0.717) is 31.9 Å². The standard InChI is InChI=1S/C23H12I4O5/c1-9-15(24)7-13-19(17(9)26)31-20-14(8-16(25)21(18(20)27)30-10(2)28)23(13)12-6-4-3-5-11(12)22(29)32-23/h3-8H,1-2H3. The number of carbonyl (C=O) groups is 2. The first-order valence-corrected chi connectivity index (χ1v) is 13.7. The molecule has 1 atom stereocenters. The molecule has 5 nitrogen and oxygen atoms in total. The number of carbonyl (C=O) groups excluding carboxylic acids is 2. The molecule has 0 radical (unpaired) electrons. The minimum Gasteiger partial charge on any atom is -0.454 e. The summed E-state index contributed by atoms with van der Waals surface area (Å²) in [4.78, 5) is 24.8. The molecule has 1 unspecified atom stereocenters. The van der Waals surface area contributed by atoms with Crippen molar-refractivity contribution in [3.05, 3.63) is 78.5 Å². The van der Waals surface area contributed by atoms with E-state index in [1.54, 1.807) is 6.07 Å². The third kappa shape index (κ3) is 3.23. The quantitative estimate of drug-likeness (QED) is 0.151. The smallest absolute Gasteiger partial charge is 0.340 e. The molecule has 0 aliphatic carbocycles. The maximum atomic E-state index is 13.0. The Bertz CT molecular complexity index is 1370. The van der Waals surface area contributed by atoms with Gasteiger partial charge in [0, 0.05) is 21.6 Å². The van der Waals surface area contributed by atoms with Crippen LogP contribution in [0.3, 0.4) is 0 Å². The van der Waals surface area contributed by atoms with E-state index in [0.717, 1.165) is 27.4 Å². The van der Waals surface area contributed by atoms with Crippen LogP contribution in [0.1, 0.15) is 39.5 Å². The van der Waals surface area contributed by atoms with Crippen molar-refractivity contribution in [2.24, 2.45) is 0 Å². The Morgan fingerprint density at radius 3 is 2.25 bits per heavy atom. The molecule has 9 heteroatoms. The van der Waals surface area contributed by atoms with Crippen LogP contribution in [0.25, 0.3) is 0 Å². The number of benzene rings is 3. The van der Waals surface area contributed by atoms with Crippen molar-refractivity contribution in [2.45, 2.75) is 19.4 Å². The van der Waals surface area contributed by atoms with Gasteiger partial charge in [0.15, 0.2) is 17.1 Å². The van der Waals surface area contributed by atoms with Gasteiger partial charge in [0.2, 0.25) is 0 Å². The fourth-order valence-corrected chi connectivity index (χ4v) is 7.90. The molecule has 0 saturated heterocycles. The molecule has 0 aromatic heterocycles. The van der Waals surface area contributed by atoms with Gasteiger partial charge in [-0.3, -0.25) is 4.79 Å². The summed E-state index contributed by atoms with van der Waals surface area (Å²) >= 11 is 8.84. The lowest BCUT2D eigenvalue weighted by Crippen LogP contribution is -2.34. The van der Waals surface area contributed by atoms with Crippen LogP contribution in [0.2, 0.25) is 0 Å². The Labute approximate surface area is 238 Å². The second kappa shape index (κ2) is 8.22. The van der Waals surface area contributed by atoms with Crippen LogP contribution in [0.4, 0.5) is 0 Å². The van der Waals surface area contributed by atoms with E-state index in [2.05, 4.69) is 90.4 Å². The average molecular weight is 876 g/mol. The fraction of sp³-hybridized carbons (Fsp3) is 0.130. The highest BCUT2D eigenvalue weighted by molar-refractivity contribution is 14.1. The van der Waals surface area contributed by atoms with Crippen molar-refractivity contribution in [2.75, 3.05) is 0 Å². The number of hydrogen-bond donors (Lipinski definition) is 0. The zero-order valence-electron chi connectivity index (χ0n) is 16.5. The van der Waals surface area contributed by atoms with Crippen LogP contribution in [0.15, 0.2) is 36.4 Å². The summed E-state index contributed by atoms with van der Waals surface area (Å²) in [5.74, 6) is 0.820. The zero-order valence-corrected chi connectivity index (χ0v) is 25.1. The summed E-state index contributed by atoms with van der Waals surface area (Å²) < 4.78 is 21.6. The van der Waals surface area contributed by atoms with Crippen LogP contribution < -0.4 is 9.47 Å². The molecule has 2 aliphatic rings. The second-order valence-electron chi connectivity index (χ2n) is 7.36. The first-order chi connectivity index (χ1) is 15.2. The number of halogens is 4. The topological polar surface area (TPSA) is 61.8 Å². The van der Waals surface area contributed by atoms with E-state index >= 15 is 0 Å². The molecule has 0 amide bonds. The lowest BCUT2D eigenvalue weighted by atomic mass is 9.77. The fourth-order valence-electron chi connectivity index (χ4n) is 4.10. The van der Waals surface area contributed by atoms with Crippen molar-refractivity contribution in [1.82, 2.24) is 0 Å². The van der Waals surface area contributed by atoms with Gasteiger partial charge < -0.3 is 14.2 Å². The van der Waals surface area contributed by atoms with Crippen molar-refractivity contribution in [1.29, 1.82) is 0 Å². The number of ether oxygens (including phenoxy) is 3. The van der Waals surface area contributed by atoms with Crippen LogP contribution in [-0.4, -0.2) is 11.9 Å². The maximum Gasteiger partial charge on any atom is 0.340 e. The Hall–Kier alpha value is -0.680. The largest absolute Gasteiger partial charge is 0.454 e. The molecule has 0 N–H and O–H groups in total. The number of hydrogen-bond acceptors (Lipinski definition) is 5. The van der Waals surface area contributed by atoms with Crippen molar-refractivity contribution in [3.8, 4) is 17.2 Å². The Morgan fingerprint density at radius 1 is 0.938 bits per heavy atom. The Balaban J connectivity index is 1.93. The highest BCUT2D eigenvalue weighted by Crippen LogP contribution is 2.59. The lowest BCUT2D eigenvalue weighted by Gasteiger charge is -2.38. The normalized spacial score (nSPS) is 17.9. The third-order valence-corrected chi connectivity index (χ3v) is 9.71. The summed E-state index contributed by atoms with van der Waals surface area (Å²) in [5, 5.41) is 0. The summed E-state index contributed by atoms with van der Waals surface area (Å²) in [7, 11) is 0. The van der Waals surface area contributed by atoms with Crippen molar-refractivity contribution < 1.29 is 23.8 Å². The Morgan fingerprint density at radius 2 is 1.56 bits per heavy atom. The van der Waals surface area contributed by atoms with Crippen LogP contribution in [0, 0.1) is 21.2 Å².